The summed E-state index contributed by atoms with van der Waals surface area (Å²) in [4.78, 5) is 29.2. The quantitative estimate of drug-likeness (QED) is 0.478. The Labute approximate surface area is 144 Å². The fourth-order valence-corrected chi connectivity index (χ4v) is 4.13. The molecule has 1 aromatic carbocycles. The molecule has 0 saturated carbocycles. The molecule has 118 valence electrons. The summed E-state index contributed by atoms with van der Waals surface area (Å²) >= 11 is 6.47. The Hall–Kier alpha value is -1.92. The van der Waals surface area contributed by atoms with Gasteiger partial charge in [0.25, 0.3) is 11.8 Å². The Morgan fingerprint density at radius 3 is 2.65 bits per heavy atom. The van der Waals surface area contributed by atoms with E-state index in [4.69, 9.17) is 12.2 Å². The van der Waals surface area contributed by atoms with Crippen LogP contribution in [0.4, 0.5) is 5.69 Å². The Morgan fingerprint density at radius 2 is 1.96 bits per heavy atom. The van der Waals surface area contributed by atoms with E-state index in [-0.39, 0.29) is 11.8 Å². The predicted octanol–water partition coefficient (Wildman–Crippen LogP) is 3.20. The summed E-state index contributed by atoms with van der Waals surface area (Å²) in [7, 11) is 0. The maximum absolute atomic E-state index is 12.9. The summed E-state index contributed by atoms with van der Waals surface area (Å²) in [5.41, 5.74) is 2.14. The van der Waals surface area contributed by atoms with Gasteiger partial charge in [-0.15, -0.1) is 6.58 Å². The number of amides is 2. The SMILES string of the molecule is C=CCN1C(=O)/C(=C2\C(=O)N(CCC)c3ccccc32)SC1=S. The van der Waals surface area contributed by atoms with Crippen molar-refractivity contribution in [2.24, 2.45) is 0 Å². The van der Waals surface area contributed by atoms with Crippen LogP contribution < -0.4 is 4.90 Å². The van der Waals surface area contributed by atoms with E-state index >= 15 is 0 Å². The second-order valence-electron chi connectivity index (χ2n) is 5.25. The number of carbonyl (C=O) groups is 2. The van der Waals surface area contributed by atoms with Crippen LogP contribution in [0.1, 0.15) is 18.9 Å². The fourth-order valence-electron chi connectivity index (χ4n) is 2.78. The zero-order chi connectivity index (χ0) is 16.6. The summed E-state index contributed by atoms with van der Waals surface area (Å²) in [5.74, 6) is -0.330. The Morgan fingerprint density at radius 1 is 1.22 bits per heavy atom. The highest BCUT2D eigenvalue weighted by molar-refractivity contribution is 8.26. The largest absolute Gasteiger partial charge is 0.308 e. The van der Waals surface area contributed by atoms with Crippen LogP contribution in [-0.2, 0) is 9.59 Å². The molecular formula is C17H16N2O2S2. The van der Waals surface area contributed by atoms with Crippen molar-refractivity contribution in [1.29, 1.82) is 0 Å². The zero-order valence-corrected chi connectivity index (χ0v) is 14.4. The van der Waals surface area contributed by atoms with E-state index in [0.717, 1.165) is 17.7 Å². The minimum atomic E-state index is -0.212. The number of thioether (sulfide) groups is 1. The topological polar surface area (TPSA) is 40.6 Å². The van der Waals surface area contributed by atoms with E-state index in [1.807, 2.05) is 31.2 Å². The number of carbonyl (C=O) groups excluding carboxylic acids is 2. The molecule has 2 heterocycles. The lowest BCUT2D eigenvalue weighted by Gasteiger charge is -2.15. The van der Waals surface area contributed by atoms with Crippen molar-refractivity contribution in [2.45, 2.75) is 13.3 Å². The molecule has 2 aliphatic rings. The third-order valence-electron chi connectivity index (χ3n) is 3.76. The molecule has 6 heteroatoms. The van der Waals surface area contributed by atoms with E-state index < -0.39 is 0 Å². The highest BCUT2D eigenvalue weighted by Crippen LogP contribution is 2.44. The van der Waals surface area contributed by atoms with Gasteiger partial charge in [0.05, 0.1) is 16.2 Å². The maximum Gasteiger partial charge on any atom is 0.267 e. The van der Waals surface area contributed by atoms with Crippen molar-refractivity contribution < 1.29 is 9.59 Å². The minimum Gasteiger partial charge on any atom is -0.308 e. The molecule has 3 rings (SSSR count). The molecule has 0 spiro atoms. The second-order valence-corrected chi connectivity index (χ2v) is 6.89. The number of thiocarbonyl (C=S) groups is 1. The van der Waals surface area contributed by atoms with Crippen LogP contribution in [0.25, 0.3) is 5.57 Å². The van der Waals surface area contributed by atoms with Crippen molar-refractivity contribution >= 4 is 51.4 Å². The molecule has 1 aromatic rings. The van der Waals surface area contributed by atoms with E-state index in [1.165, 1.54) is 16.7 Å². The summed E-state index contributed by atoms with van der Waals surface area (Å²) in [6, 6.07) is 7.59. The van der Waals surface area contributed by atoms with Crippen LogP contribution in [0.15, 0.2) is 41.8 Å². The highest BCUT2D eigenvalue weighted by atomic mass is 32.2. The number of hydrogen-bond acceptors (Lipinski definition) is 4. The molecule has 0 aliphatic carbocycles. The molecule has 1 saturated heterocycles. The van der Waals surface area contributed by atoms with Gasteiger partial charge in [-0.3, -0.25) is 14.5 Å². The lowest BCUT2D eigenvalue weighted by atomic mass is 10.1. The lowest BCUT2D eigenvalue weighted by Crippen LogP contribution is -2.29. The van der Waals surface area contributed by atoms with Crippen LogP contribution in [-0.4, -0.2) is 34.1 Å². The second kappa shape index (κ2) is 6.29. The van der Waals surface area contributed by atoms with Crippen molar-refractivity contribution in [3.8, 4) is 0 Å². The fraction of sp³-hybridized carbons (Fsp3) is 0.235. The molecule has 0 bridgehead atoms. The Balaban J connectivity index is 2.13. The van der Waals surface area contributed by atoms with Gasteiger partial charge in [-0.1, -0.05) is 55.2 Å². The number of nitrogens with zero attached hydrogens (tertiary/aromatic N) is 2. The highest BCUT2D eigenvalue weighted by Gasteiger charge is 2.41. The lowest BCUT2D eigenvalue weighted by molar-refractivity contribution is -0.122. The average Bonchev–Trinajstić information content (AvgIpc) is 2.97. The summed E-state index contributed by atoms with van der Waals surface area (Å²) in [6.45, 7) is 6.66. The first-order valence-corrected chi connectivity index (χ1v) is 8.62. The van der Waals surface area contributed by atoms with Crippen molar-refractivity contribution in [3.63, 3.8) is 0 Å². The Kier molecular flexibility index (Phi) is 4.37. The molecule has 0 atom stereocenters. The maximum atomic E-state index is 12.9. The van der Waals surface area contributed by atoms with E-state index in [9.17, 15) is 9.59 Å². The van der Waals surface area contributed by atoms with Gasteiger partial charge >= 0.3 is 0 Å². The first kappa shape index (κ1) is 16.0. The van der Waals surface area contributed by atoms with Gasteiger partial charge in [-0.2, -0.15) is 0 Å². The number of hydrogen-bond donors (Lipinski definition) is 0. The molecule has 4 nitrogen and oxygen atoms in total. The molecule has 0 N–H and O–H groups in total. The number of anilines is 1. The molecule has 0 radical (unpaired) electrons. The van der Waals surface area contributed by atoms with Gasteiger partial charge < -0.3 is 4.90 Å². The number of benzene rings is 1. The van der Waals surface area contributed by atoms with Gasteiger partial charge in [-0.25, -0.2) is 0 Å². The number of para-hydroxylation sites is 1. The van der Waals surface area contributed by atoms with E-state index in [2.05, 4.69) is 6.58 Å². The third kappa shape index (κ3) is 2.52. The first-order chi connectivity index (χ1) is 11.1. The number of fused-ring (bicyclic) bond motifs is 1. The van der Waals surface area contributed by atoms with Crippen LogP contribution in [0, 0.1) is 0 Å². The van der Waals surface area contributed by atoms with E-state index in [1.54, 1.807) is 11.0 Å². The zero-order valence-electron chi connectivity index (χ0n) is 12.7. The van der Waals surface area contributed by atoms with Crippen LogP contribution in [0.2, 0.25) is 0 Å². The molecule has 0 unspecified atom stereocenters. The normalized spacial score (nSPS) is 20.5. The van der Waals surface area contributed by atoms with Crippen LogP contribution in [0.3, 0.4) is 0 Å². The summed E-state index contributed by atoms with van der Waals surface area (Å²) < 4.78 is 0.469. The molecule has 23 heavy (non-hydrogen) atoms. The first-order valence-electron chi connectivity index (χ1n) is 7.40. The minimum absolute atomic E-state index is 0.118. The Bertz CT molecular complexity index is 755. The summed E-state index contributed by atoms with van der Waals surface area (Å²) in [5, 5.41) is 0. The van der Waals surface area contributed by atoms with Gasteiger partial charge in [0, 0.05) is 18.7 Å². The van der Waals surface area contributed by atoms with Crippen LogP contribution >= 0.6 is 24.0 Å². The number of rotatable bonds is 4. The molecule has 1 fully saturated rings. The van der Waals surface area contributed by atoms with Crippen molar-refractivity contribution in [3.05, 3.63) is 47.4 Å². The van der Waals surface area contributed by atoms with Crippen molar-refractivity contribution in [1.82, 2.24) is 4.90 Å². The monoisotopic (exact) mass is 344 g/mol. The molecule has 2 aliphatic heterocycles. The standard InChI is InChI=1S/C17H16N2O2S2/c1-3-9-18-12-8-6-5-7-11(12)13(15(18)20)14-16(21)19(10-4-2)17(22)23-14/h4-8H,2-3,9-10H2,1H3/b14-13+. The predicted molar refractivity (Wildman–Crippen MR) is 98.1 cm³/mol. The summed E-state index contributed by atoms with van der Waals surface area (Å²) in [6.07, 6.45) is 2.48. The van der Waals surface area contributed by atoms with Gasteiger partial charge in [0.15, 0.2) is 0 Å². The molecule has 0 aromatic heterocycles. The third-order valence-corrected chi connectivity index (χ3v) is 5.21. The smallest absolute Gasteiger partial charge is 0.267 e. The van der Waals surface area contributed by atoms with Crippen LogP contribution in [0.5, 0.6) is 0 Å². The van der Waals surface area contributed by atoms with Gasteiger partial charge in [-0.05, 0) is 12.5 Å². The average molecular weight is 344 g/mol. The van der Waals surface area contributed by atoms with E-state index in [0.29, 0.717) is 27.9 Å². The van der Waals surface area contributed by atoms with Crippen molar-refractivity contribution in [2.75, 3.05) is 18.0 Å². The van der Waals surface area contributed by atoms with Gasteiger partial charge in [0.1, 0.15) is 4.32 Å². The molecule has 2 amide bonds. The van der Waals surface area contributed by atoms with Gasteiger partial charge in [0.2, 0.25) is 0 Å². The molecular weight excluding hydrogens is 328 g/mol.